The summed E-state index contributed by atoms with van der Waals surface area (Å²) in [5, 5.41) is 3.50. The Morgan fingerprint density at radius 1 is 0.978 bits per heavy atom. The van der Waals surface area contributed by atoms with Crippen LogP contribution in [-0.2, 0) is 18.4 Å². The van der Waals surface area contributed by atoms with Crippen molar-refractivity contribution in [1.82, 2.24) is 5.32 Å². The van der Waals surface area contributed by atoms with Crippen LogP contribution in [0.25, 0.3) is 5.57 Å². The van der Waals surface area contributed by atoms with Gasteiger partial charge in [0.05, 0.1) is 23.6 Å². The van der Waals surface area contributed by atoms with E-state index in [9.17, 15) is 3.89 Å². The summed E-state index contributed by atoms with van der Waals surface area (Å²) in [6.07, 6.45) is 12.0. The number of benzene rings is 3. The van der Waals surface area contributed by atoms with Crippen LogP contribution in [0.5, 0.6) is 0 Å². The van der Waals surface area contributed by atoms with Gasteiger partial charge in [-0.05, 0) is 91.8 Å². The smallest absolute Gasteiger partial charge is 0.0827 e. The maximum absolute atomic E-state index is 13.1. The fourth-order valence-electron chi connectivity index (χ4n) is 5.29. The van der Waals surface area contributed by atoms with Gasteiger partial charge in [-0.3, -0.25) is 4.99 Å². The van der Waals surface area contributed by atoms with Crippen LogP contribution in [0.3, 0.4) is 0 Å². The number of hydrogen-bond acceptors (Lipinski definition) is 3. The SMILES string of the molecule is C=C(/C=C(\CN=CC(SF)=C(C)C)NCc1cccc(CC)c1)c1ccccc1C.C=CC.CC1(c2ccccc2)CCCC1. The van der Waals surface area contributed by atoms with Crippen molar-refractivity contribution in [3.05, 3.63) is 148 Å². The molecule has 0 atom stereocenters. The Labute approximate surface area is 277 Å². The minimum Gasteiger partial charge on any atom is -0.383 e. The van der Waals surface area contributed by atoms with Crippen LogP contribution < -0.4 is 5.32 Å². The van der Waals surface area contributed by atoms with Crippen LogP contribution >= 0.6 is 12.1 Å². The molecule has 45 heavy (non-hydrogen) atoms. The molecule has 0 aromatic heterocycles. The Kier molecular flexibility index (Phi) is 17.0. The summed E-state index contributed by atoms with van der Waals surface area (Å²) in [7, 11) is 0. The number of rotatable bonds is 11. The highest BCUT2D eigenvalue weighted by atomic mass is 32.2. The van der Waals surface area contributed by atoms with Crippen molar-refractivity contribution in [3.8, 4) is 0 Å². The molecule has 240 valence electrons. The zero-order valence-electron chi connectivity index (χ0n) is 28.3. The third-order valence-corrected chi connectivity index (χ3v) is 8.66. The quantitative estimate of drug-likeness (QED) is 0.130. The van der Waals surface area contributed by atoms with Crippen molar-refractivity contribution in [2.45, 2.75) is 85.6 Å². The van der Waals surface area contributed by atoms with Crippen LogP contribution in [0.1, 0.15) is 88.1 Å². The van der Waals surface area contributed by atoms with Crippen LogP contribution in [-0.4, -0.2) is 12.8 Å². The Balaban J connectivity index is 0.000000385. The molecule has 0 heterocycles. The van der Waals surface area contributed by atoms with Crippen molar-refractivity contribution in [1.29, 1.82) is 0 Å². The summed E-state index contributed by atoms with van der Waals surface area (Å²) in [4.78, 5) is 5.01. The molecule has 4 rings (SSSR count). The van der Waals surface area contributed by atoms with Gasteiger partial charge in [0, 0.05) is 18.5 Å². The van der Waals surface area contributed by atoms with Gasteiger partial charge >= 0.3 is 0 Å². The first kappa shape index (κ1) is 37.6. The number of nitrogens with zero attached hydrogens (tertiary/aromatic N) is 1. The van der Waals surface area contributed by atoms with Gasteiger partial charge in [-0.25, -0.2) is 0 Å². The van der Waals surface area contributed by atoms with Crippen molar-refractivity contribution in [3.63, 3.8) is 0 Å². The molecule has 0 saturated heterocycles. The van der Waals surface area contributed by atoms with Crippen LogP contribution in [0, 0.1) is 6.92 Å². The minimum absolute atomic E-state index is 0.230. The third-order valence-electron chi connectivity index (χ3n) is 7.98. The monoisotopic (exact) mass is 624 g/mol. The van der Waals surface area contributed by atoms with E-state index in [0.717, 1.165) is 28.8 Å². The van der Waals surface area contributed by atoms with Gasteiger partial charge in [0.15, 0.2) is 0 Å². The zero-order chi connectivity index (χ0) is 33.1. The van der Waals surface area contributed by atoms with E-state index in [2.05, 4.69) is 111 Å². The number of aryl methyl sites for hydroxylation is 2. The molecule has 2 nitrogen and oxygen atoms in total. The fraction of sp³-hybridized carbons (Fsp3) is 0.341. The molecular formula is C41H53FN2S. The van der Waals surface area contributed by atoms with Crippen molar-refractivity contribution < 1.29 is 3.89 Å². The molecule has 0 radical (unpaired) electrons. The molecule has 1 aliphatic rings. The van der Waals surface area contributed by atoms with Crippen LogP contribution in [0.2, 0.25) is 0 Å². The first-order chi connectivity index (χ1) is 21.7. The molecule has 4 heteroatoms. The van der Waals surface area contributed by atoms with E-state index in [-0.39, 0.29) is 12.1 Å². The lowest BCUT2D eigenvalue weighted by molar-refractivity contribution is 0.491. The van der Waals surface area contributed by atoms with Crippen molar-refractivity contribution >= 4 is 23.9 Å². The van der Waals surface area contributed by atoms with E-state index in [1.807, 2.05) is 39.0 Å². The molecular weight excluding hydrogens is 572 g/mol. The lowest BCUT2D eigenvalue weighted by Gasteiger charge is -2.23. The predicted molar refractivity (Wildman–Crippen MR) is 200 cm³/mol. The summed E-state index contributed by atoms with van der Waals surface area (Å²) < 4.78 is 13.1. The highest BCUT2D eigenvalue weighted by Crippen LogP contribution is 2.40. The van der Waals surface area contributed by atoms with E-state index >= 15 is 0 Å². The normalized spacial score (nSPS) is 13.6. The summed E-state index contributed by atoms with van der Waals surface area (Å²) in [5.74, 6) is 0. The van der Waals surface area contributed by atoms with E-state index < -0.39 is 0 Å². The fourth-order valence-corrected chi connectivity index (χ4v) is 5.56. The van der Waals surface area contributed by atoms with Gasteiger partial charge in [-0.2, -0.15) is 3.89 Å². The number of hydrogen-bond donors (Lipinski definition) is 1. The summed E-state index contributed by atoms with van der Waals surface area (Å²) in [6.45, 7) is 21.0. The van der Waals surface area contributed by atoms with Gasteiger partial charge in [-0.15, -0.1) is 6.58 Å². The second-order valence-corrected chi connectivity index (χ2v) is 12.6. The number of nitrogens with one attached hydrogen (secondary N) is 1. The van der Waals surface area contributed by atoms with E-state index in [1.54, 1.807) is 12.3 Å². The maximum atomic E-state index is 13.1. The molecule has 0 aliphatic heterocycles. The molecule has 0 spiro atoms. The zero-order valence-corrected chi connectivity index (χ0v) is 29.2. The van der Waals surface area contributed by atoms with Gasteiger partial charge in [0.2, 0.25) is 0 Å². The molecule has 3 aromatic carbocycles. The Morgan fingerprint density at radius 3 is 2.20 bits per heavy atom. The molecule has 0 unspecified atom stereocenters. The van der Waals surface area contributed by atoms with E-state index in [1.165, 1.54) is 47.9 Å². The Hall–Kier alpha value is -3.63. The Morgan fingerprint density at radius 2 is 1.60 bits per heavy atom. The average molecular weight is 625 g/mol. The maximum Gasteiger partial charge on any atom is 0.0827 e. The summed E-state index contributed by atoms with van der Waals surface area (Å²) >= 11 is 0.230. The standard InChI is InChI=1S/C26H31FN2S.C12H16.C3H6/c1-6-22-11-9-12-23(15-22)16-29-24(17-28-18-26(30-27)19(2)3)14-21(5)25-13-8-7-10-20(25)4;1-12(9-5-6-10-12)11-7-3-2-4-8-11;1-3-2/h7-15,18,29H,5-6,16-17H2,1-4H3;2-4,7-8H,5-6,9-10H2,1H3;3H,1H2,2H3/b24-14+,28-18?;;. The number of aliphatic imine (C=N–C) groups is 1. The van der Waals surface area contributed by atoms with Gasteiger partial charge in [0.1, 0.15) is 0 Å². The summed E-state index contributed by atoms with van der Waals surface area (Å²) in [6, 6.07) is 27.7. The molecule has 1 N–H and O–H groups in total. The van der Waals surface area contributed by atoms with Gasteiger partial charge in [0.25, 0.3) is 0 Å². The first-order valence-electron chi connectivity index (χ1n) is 16.0. The molecule has 1 saturated carbocycles. The summed E-state index contributed by atoms with van der Waals surface area (Å²) in [5.41, 5.74) is 9.62. The highest BCUT2D eigenvalue weighted by Gasteiger charge is 2.29. The molecule has 0 bridgehead atoms. The second kappa shape index (κ2) is 20.4. The largest absolute Gasteiger partial charge is 0.383 e. The van der Waals surface area contributed by atoms with Gasteiger partial charge < -0.3 is 5.32 Å². The number of halogens is 1. The first-order valence-corrected chi connectivity index (χ1v) is 16.7. The lowest BCUT2D eigenvalue weighted by atomic mass is 9.81. The average Bonchev–Trinajstić information content (AvgIpc) is 3.50. The van der Waals surface area contributed by atoms with Crippen LogP contribution in [0.15, 0.2) is 125 Å². The number of allylic oxidation sites excluding steroid dienone is 5. The third kappa shape index (κ3) is 13.1. The molecule has 1 aliphatic carbocycles. The van der Waals surface area contributed by atoms with E-state index in [0.29, 0.717) is 23.4 Å². The van der Waals surface area contributed by atoms with Crippen molar-refractivity contribution in [2.24, 2.45) is 4.99 Å². The van der Waals surface area contributed by atoms with Crippen molar-refractivity contribution in [2.75, 3.05) is 6.54 Å². The predicted octanol–water partition coefficient (Wildman–Crippen LogP) is 11.9. The topological polar surface area (TPSA) is 24.4 Å². The second-order valence-electron chi connectivity index (χ2n) is 12.0. The molecule has 3 aromatic rings. The Bertz CT molecular complexity index is 1420. The molecule has 0 amide bonds. The van der Waals surface area contributed by atoms with Gasteiger partial charge in [-0.1, -0.05) is 124 Å². The highest BCUT2D eigenvalue weighted by molar-refractivity contribution is 7.99. The van der Waals surface area contributed by atoms with E-state index in [4.69, 9.17) is 0 Å². The molecule has 1 fully saturated rings. The minimum atomic E-state index is 0.230. The lowest BCUT2D eigenvalue weighted by Crippen LogP contribution is -2.16. The van der Waals surface area contributed by atoms with Crippen LogP contribution in [0.4, 0.5) is 3.89 Å².